The highest BCUT2D eigenvalue weighted by atomic mass is 19.4. The lowest BCUT2D eigenvalue weighted by Crippen LogP contribution is -2.51. The highest BCUT2D eigenvalue weighted by Gasteiger charge is 2.35. The van der Waals surface area contributed by atoms with Gasteiger partial charge < -0.3 is 20.7 Å². The molecule has 1 amide bonds. The Morgan fingerprint density at radius 1 is 0.926 bits per heavy atom. The second-order valence-electron chi connectivity index (χ2n) is 13.1. The van der Waals surface area contributed by atoms with E-state index < -0.39 is 47.0 Å². The van der Waals surface area contributed by atoms with E-state index >= 15 is 4.39 Å². The first kappa shape index (κ1) is 39.9. The van der Waals surface area contributed by atoms with Gasteiger partial charge in [-0.25, -0.2) is 9.18 Å². The van der Waals surface area contributed by atoms with Crippen LogP contribution in [0.2, 0.25) is 0 Å². The molecule has 1 atom stereocenters. The van der Waals surface area contributed by atoms with Crippen LogP contribution in [0.15, 0.2) is 82.4 Å². The van der Waals surface area contributed by atoms with Crippen LogP contribution in [0.5, 0.6) is 0 Å². The van der Waals surface area contributed by atoms with E-state index in [1.165, 1.54) is 6.92 Å². The average Bonchev–Trinajstić information content (AvgIpc) is 3.15. The predicted octanol–water partition coefficient (Wildman–Crippen LogP) is 4.62. The fourth-order valence-corrected chi connectivity index (χ4v) is 6.61. The Kier molecular flexibility index (Phi) is 13.1. The molecule has 1 fully saturated rings. The molecule has 3 aromatic carbocycles. The number of carbonyl (C=O) groups is 2. The van der Waals surface area contributed by atoms with Gasteiger partial charge >= 0.3 is 17.8 Å². The summed E-state index contributed by atoms with van der Waals surface area (Å²) in [5.74, 6) is -1.71. The Labute approximate surface area is 309 Å². The average molecular weight is 753 g/mol. The molecule has 1 aliphatic rings. The Hall–Kier alpha value is -5.28. The fraction of sp³-hybridized carbons (Fsp3) is 0.385. The molecule has 15 heteroatoms. The number of nitrogens with zero attached hydrogens (tertiary/aromatic N) is 4. The highest BCUT2D eigenvalue weighted by molar-refractivity contribution is 5.94. The van der Waals surface area contributed by atoms with Crippen LogP contribution in [0.4, 0.5) is 23.2 Å². The smallest absolute Gasteiger partial charge is 0.416 e. The molecule has 288 valence electrons. The molecule has 0 spiro atoms. The Balaban J connectivity index is 1.37. The summed E-state index contributed by atoms with van der Waals surface area (Å²) in [6.07, 6.45) is -4.22. The van der Waals surface area contributed by atoms with Crippen LogP contribution in [0.25, 0.3) is 0 Å². The number of rotatable bonds is 14. The number of amides is 1. The number of benzene rings is 3. The summed E-state index contributed by atoms with van der Waals surface area (Å²) in [5.41, 5.74) is 5.21. The molecule has 0 bridgehead atoms. The number of alkyl halides is 3. The SMILES string of the molecule is CCOC(=O)CCCNC(=O)c1cccc(CN2CCN(c3c(C)n(Cc4c(F)cccc4C(F)(F)F)c(=O)n(C[C@H](N)c4ccccc4)c3=O)CC2)c1. The van der Waals surface area contributed by atoms with Crippen LogP contribution < -0.4 is 27.2 Å². The highest BCUT2D eigenvalue weighted by Crippen LogP contribution is 2.33. The van der Waals surface area contributed by atoms with Gasteiger partial charge in [0.2, 0.25) is 0 Å². The molecule has 0 saturated carbocycles. The minimum Gasteiger partial charge on any atom is -0.466 e. The van der Waals surface area contributed by atoms with Crippen molar-refractivity contribution in [3.8, 4) is 0 Å². The third kappa shape index (κ3) is 9.63. The lowest BCUT2D eigenvalue weighted by molar-refractivity contribution is -0.143. The molecule has 5 rings (SSSR count). The molecule has 4 aromatic rings. The molecular formula is C39H44F4N6O5. The summed E-state index contributed by atoms with van der Waals surface area (Å²) in [6, 6.07) is 17.8. The number of aromatic nitrogens is 2. The van der Waals surface area contributed by atoms with Gasteiger partial charge in [-0.2, -0.15) is 13.2 Å². The van der Waals surface area contributed by atoms with Crippen molar-refractivity contribution in [3.05, 3.63) is 133 Å². The van der Waals surface area contributed by atoms with Crippen molar-refractivity contribution in [2.75, 3.05) is 44.2 Å². The molecule has 1 aliphatic heterocycles. The van der Waals surface area contributed by atoms with Crippen LogP contribution in [0.1, 0.15) is 64.1 Å². The van der Waals surface area contributed by atoms with Crippen molar-refractivity contribution < 1.29 is 31.9 Å². The maximum absolute atomic E-state index is 15.0. The number of nitrogens with two attached hydrogens (primary N) is 1. The van der Waals surface area contributed by atoms with Crippen molar-refractivity contribution in [2.45, 2.75) is 58.5 Å². The number of esters is 1. The third-order valence-corrected chi connectivity index (χ3v) is 9.44. The van der Waals surface area contributed by atoms with E-state index in [4.69, 9.17) is 10.5 Å². The zero-order chi connectivity index (χ0) is 39.0. The Morgan fingerprint density at radius 3 is 2.31 bits per heavy atom. The molecule has 11 nitrogen and oxygen atoms in total. The van der Waals surface area contributed by atoms with Gasteiger partial charge in [0, 0.05) is 68.6 Å². The zero-order valence-corrected chi connectivity index (χ0v) is 30.2. The molecule has 0 aliphatic carbocycles. The summed E-state index contributed by atoms with van der Waals surface area (Å²) < 4.78 is 63.9. The molecule has 54 heavy (non-hydrogen) atoms. The van der Waals surface area contributed by atoms with E-state index in [2.05, 4.69) is 10.2 Å². The molecule has 0 unspecified atom stereocenters. The maximum Gasteiger partial charge on any atom is 0.416 e. The van der Waals surface area contributed by atoms with E-state index in [0.29, 0.717) is 63.4 Å². The van der Waals surface area contributed by atoms with Gasteiger partial charge in [-0.05, 0) is 55.7 Å². The quantitative estimate of drug-likeness (QED) is 0.109. The van der Waals surface area contributed by atoms with Crippen LogP contribution in [-0.2, 0) is 35.3 Å². The molecule has 0 radical (unpaired) electrons. The fourth-order valence-electron chi connectivity index (χ4n) is 6.61. The van der Waals surface area contributed by atoms with Crippen molar-refractivity contribution in [3.63, 3.8) is 0 Å². The van der Waals surface area contributed by atoms with Crippen molar-refractivity contribution in [2.24, 2.45) is 5.73 Å². The number of piperazine rings is 1. The van der Waals surface area contributed by atoms with Gasteiger partial charge in [0.1, 0.15) is 11.5 Å². The van der Waals surface area contributed by atoms with Crippen LogP contribution in [-0.4, -0.2) is 65.2 Å². The first-order valence-corrected chi connectivity index (χ1v) is 17.8. The lowest BCUT2D eigenvalue weighted by Gasteiger charge is -2.37. The molecule has 2 heterocycles. The van der Waals surface area contributed by atoms with Gasteiger partial charge in [0.05, 0.1) is 25.3 Å². The lowest BCUT2D eigenvalue weighted by atomic mass is 10.1. The molecule has 1 aromatic heterocycles. The minimum atomic E-state index is -4.88. The van der Waals surface area contributed by atoms with Crippen LogP contribution >= 0.6 is 0 Å². The second-order valence-corrected chi connectivity index (χ2v) is 13.1. The van der Waals surface area contributed by atoms with Gasteiger partial charge in [-0.1, -0.05) is 48.5 Å². The predicted molar refractivity (Wildman–Crippen MR) is 196 cm³/mol. The van der Waals surface area contributed by atoms with E-state index in [9.17, 15) is 32.3 Å². The number of hydrogen-bond acceptors (Lipinski definition) is 8. The first-order chi connectivity index (χ1) is 25.8. The largest absolute Gasteiger partial charge is 0.466 e. The van der Waals surface area contributed by atoms with Gasteiger partial charge in [-0.3, -0.25) is 28.4 Å². The van der Waals surface area contributed by atoms with Gasteiger partial charge in [0.15, 0.2) is 0 Å². The number of halogens is 4. The van der Waals surface area contributed by atoms with E-state index in [1.54, 1.807) is 60.4 Å². The van der Waals surface area contributed by atoms with Gasteiger partial charge in [0.25, 0.3) is 11.5 Å². The van der Waals surface area contributed by atoms with Crippen molar-refractivity contribution in [1.29, 1.82) is 0 Å². The molecular weight excluding hydrogens is 708 g/mol. The van der Waals surface area contributed by atoms with E-state index in [0.717, 1.165) is 32.9 Å². The molecule has 3 N–H and O–H groups in total. The number of nitrogens with one attached hydrogen (secondary N) is 1. The normalized spacial score (nSPS) is 14.2. The minimum absolute atomic E-state index is 0.111. The van der Waals surface area contributed by atoms with E-state index in [1.807, 2.05) is 6.07 Å². The monoisotopic (exact) mass is 752 g/mol. The Morgan fingerprint density at radius 2 is 1.63 bits per heavy atom. The summed E-state index contributed by atoms with van der Waals surface area (Å²) in [6.45, 7) is 4.97. The standard InChI is InChI=1S/C39H44F4N6O5/c1-3-54-34(50)16-9-17-45-36(51)29-13-7-10-27(22-29)23-46-18-20-47(21-19-46)35-26(2)48(24-30-31(39(41,42)43)14-8-15-32(30)40)38(53)49(37(35)52)25-33(44)28-11-5-4-6-12-28/h4-8,10-15,22,33H,3,9,16-21,23-25,44H2,1-2H3,(H,45,51)/t33-/m0/s1. The number of carbonyl (C=O) groups excluding carboxylic acids is 2. The topological polar surface area (TPSA) is 132 Å². The first-order valence-electron chi connectivity index (χ1n) is 17.8. The summed E-state index contributed by atoms with van der Waals surface area (Å²) in [4.78, 5) is 56.3. The number of hydrogen-bond donors (Lipinski definition) is 2. The summed E-state index contributed by atoms with van der Waals surface area (Å²) in [5, 5.41) is 2.82. The summed E-state index contributed by atoms with van der Waals surface area (Å²) in [7, 11) is 0. The second kappa shape index (κ2) is 17.7. The maximum atomic E-state index is 15.0. The van der Waals surface area contributed by atoms with Crippen molar-refractivity contribution in [1.82, 2.24) is 19.4 Å². The number of ether oxygens (including phenoxy) is 1. The van der Waals surface area contributed by atoms with E-state index in [-0.39, 0.29) is 36.2 Å². The third-order valence-electron chi connectivity index (χ3n) is 9.44. The molecule has 1 saturated heterocycles. The van der Waals surface area contributed by atoms with Crippen LogP contribution in [0.3, 0.4) is 0 Å². The van der Waals surface area contributed by atoms with Crippen molar-refractivity contribution >= 4 is 17.6 Å². The zero-order valence-electron chi connectivity index (χ0n) is 30.2. The number of anilines is 1. The van der Waals surface area contributed by atoms with Gasteiger partial charge in [-0.15, -0.1) is 0 Å². The Bertz CT molecular complexity index is 2060. The van der Waals surface area contributed by atoms with Crippen LogP contribution in [0, 0.1) is 12.7 Å². The summed E-state index contributed by atoms with van der Waals surface area (Å²) >= 11 is 0.